The van der Waals surface area contributed by atoms with E-state index in [-0.39, 0.29) is 0 Å². The Morgan fingerprint density at radius 2 is 2.21 bits per heavy atom. The molecule has 0 saturated heterocycles. The molecule has 0 amide bonds. The second kappa shape index (κ2) is 7.12. The number of aromatic nitrogens is 5. The van der Waals surface area contributed by atoms with E-state index in [2.05, 4.69) is 54.3 Å². The van der Waals surface area contributed by atoms with Crippen molar-refractivity contribution >= 4 is 11.6 Å². The molecule has 8 nitrogen and oxygen atoms in total. The number of aliphatic imine (C=N–C) groups is 1. The van der Waals surface area contributed by atoms with Gasteiger partial charge in [-0.15, -0.1) is 0 Å². The van der Waals surface area contributed by atoms with Crippen LogP contribution < -0.4 is 10.6 Å². The molecule has 0 aliphatic rings. The summed E-state index contributed by atoms with van der Waals surface area (Å²) in [5, 5.41) is 10.6. The summed E-state index contributed by atoms with van der Waals surface area (Å²) >= 11 is 0. The van der Waals surface area contributed by atoms with Gasteiger partial charge in [0.1, 0.15) is 17.8 Å². The first kappa shape index (κ1) is 16.0. The van der Waals surface area contributed by atoms with Crippen molar-refractivity contribution in [3.8, 4) is 0 Å². The van der Waals surface area contributed by atoms with Crippen molar-refractivity contribution in [3.05, 3.63) is 47.9 Å². The molecule has 0 aliphatic carbocycles. The molecule has 8 heteroatoms. The normalized spacial score (nSPS) is 11.9. The van der Waals surface area contributed by atoms with Crippen molar-refractivity contribution in [2.75, 3.05) is 13.6 Å². The Morgan fingerprint density at radius 1 is 1.33 bits per heavy atom. The molecule has 2 N–H and O–H groups in total. The van der Waals surface area contributed by atoms with Crippen LogP contribution >= 0.6 is 0 Å². The second-order valence-electron chi connectivity index (χ2n) is 5.56. The zero-order valence-corrected chi connectivity index (χ0v) is 14.2. The van der Waals surface area contributed by atoms with Crippen molar-refractivity contribution in [2.24, 2.45) is 12.0 Å². The highest BCUT2D eigenvalue weighted by Crippen LogP contribution is 2.09. The first-order valence-electron chi connectivity index (χ1n) is 7.88. The van der Waals surface area contributed by atoms with Gasteiger partial charge in [-0.3, -0.25) is 9.67 Å². The molecule has 0 bridgehead atoms. The van der Waals surface area contributed by atoms with Crippen LogP contribution in [0.3, 0.4) is 0 Å². The Morgan fingerprint density at radius 3 is 2.92 bits per heavy atom. The Labute approximate surface area is 140 Å². The molecule has 3 aromatic heterocycles. The molecule has 0 radical (unpaired) electrons. The summed E-state index contributed by atoms with van der Waals surface area (Å²) in [7, 11) is 3.62. The number of fused-ring (bicyclic) bond motifs is 1. The van der Waals surface area contributed by atoms with Crippen LogP contribution in [0, 0.1) is 6.92 Å². The minimum atomic E-state index is 0.573. The van der Waals surface area contributed by atoms with E-state index in [1.165, 1.54) is 5.56 Å². The number of guanidine groups is 1. The fraction of sp³-hybridized carbons (Fsp3) is 0.375. The van der Waals surface area contributed by atoms with Crippen molar-refractivity contribution in [2.45, 2.75) is 19.9 Å². The van der Waals surface area contributed by atoms with Gasteiger partial charge in [-0.1, -0.05) is 6.07 Å². The van der Waals surface area contributed by atoms with E-state index in [4.69, 9.17) is 0 Å². The molecule has 0 aromatic carbocycles. The first-order chi connectivity index (χ1) is 11.7. The number of nitrogens with one attached hydrogen (secondary N) is 2. The summed E-state index contributed by atoms with van der Waals surface area (Å²) in [5.74, 6) is 1.59. The molecule has 3 aromatic rings. The van der Waals surface area contributed by atoms with Crippen molar-refractivity contribution in [1.82, 2.24) is 34.8 Å². The third-order valence-electron chi connectivity index (χ3n) is 3.84. The van der Waals surface area contributed by atoms with Crippen molar-refractivity contribution in [3.63, 3.8) is 0 Å². The molecule has 126 valence electrons. The van der Waals surface area contributed by atoms with Gasteiger partial charge in [0.15, 0.2) is 5.96 Å². The van der Waals surface area contributed by atoms with Gasteiger partial charge in [0.05, 0.1) is 12.2 Å². The fourth-order valence-electron chi connectivity index (χ4n) is 2.50. The minimum absolute atomic E-state index is 0.573. The van der Waals surface area contributed by atoms with Gasteiger partial charge in [-0.2, -0.15) is 5.10 Å². The van der Waals surface area contributed by atoms with E-state index in [9.17, 15) is 0 Å². The molecule has 3 heterocycles. The van der Waals surface area contributed by atoms with Gasteiger partial charge in [-0.25, -0.2) is 9.97 Å². The van der Waals surface area contributed by atoms with Gasteiger partial charge >= 0.3 is 0 Å². The summed E-state index contributed by atoms with van der Waals surface area (Å²) in [6, 6.07) is 4.10. The third kappa shape index (κ3) is 3.53. The van der Waals surface area contributed by atoms with E-state index in [1.54, 1.807) is 18.1 Å². The quantitative estimate of drug-likeness (QED) is 0.532. The lowest BCUT2D eigenvalue weighted by atomic mass is 10.3. The first-order valence-corrected chi connectivity index (χ1v) is 7.88. The second-order valence-corrected chi connectivity index (χ2v) is 5.56. The molecule has 0 spiro atoms. The molecule has 0 fully saturated rings. The Hall–Kier alpha value is -2.90. The average molecular weight is 326 g/mol. The summed E-state index contributed by atoms with van der Waals surface area (Å²) in [6.07, 6.45) is 6.46. The summed E-state index contributed by atoms with van der Waals surface area (Å²) < 4.78 is 3.80. The smallest absolute Gasteiger partial charge is 0.191 e. The molecule has 24 heavy (non-hydrogen) atoms. The lowest BCUT2D eigenvalue weighted by molar-refractivity contribution is 0.672. The number of aryl methyl sites for hydroxylation is 2. The molecular weight excluding hydrogens is 304 g/mol. The van der Waals surface area contributed by atoms with Crippen molar-refractivity contribution in [1.29, 1.82) is 0 Å². The van der Waals surface area contributed by atoms with Crippen LogP contribution in [-0.4, -0.2) is 43.7 Å². The summed E-state index contributed by atoms with van der Waals surface area (Å²) in [5.41, 5.74) is 3.25. The van der Waals surface area contributed by atoms with E-state index in [0.29, 0.717) is 6.54 Å². The van der Waals surface area contributed by atoms with Crippen LogP contribution in [0.1, 0.15) is 17.1 Å². The van der Waals surface area contributed by atoms with Gasteiger partial charge in [-0.05, 0) is 18.6 Å². The zero-order valence-electron chi connectivity index (χ0n) is 14.2. The Balaban J connectivity index is 1.52. The molecule has 0 unspecified atom stereocenters. The molecule has 0 atom stereocenters. The van der Waals surface area contributed by atoms with E-state index in [1.807, 2.05) is 19.3 Å². The highest BCUT2D eigenvalue weighted by Gasteiger charge is 2.05. The Bertz CT molecular complexity index is 845. The van der Waals surface area contributed by atoms with E-state index >= 15 is 0 Å². The van der Waals surface area contributed by atoms with E-state index < -0.39 is 0 Å². The van der Waals surface area contributed by atoms with Crippen LogP contribution in [0.4, 0.5) is 0 Å². The van der Waals surface area contributed by atoms with Gasteiger partial charge < -0.3 is 15.0 Å². The van der Waals surface area contributed by atoms with Crippen LogP contribution in [0.5, 0.6) is 0 Å². The maximum absolute atomic E-state index is 4.67. The number of pyridine rings is 1. The Kier molecular flexibility index (Phi) is 4.74. The highest BCUT2D eigenvalue weighted by atomic mass is 15.3. The standard InChI is InChI=1S/C16H22N8/c1-12-5-4-8-24-10-13(22-15(12)24)6-7-18-16(17-2)19-9-14-20-11-21-23(14)3/h4-5,8,10-11H,6-7,9H2,1-3H3,(H2,17,18,19). The van der Waals surface area contributed by atoms with Crippen molar-refractivity contribution < 1.29 is 0 Å². The van der Waals surface area contributed by atoms with Crippen LogP contribution in [0.2, 0.25) is 0 Å². The predicted octanol–water partition coefficient (Wildman–Crippen LogP) is 0.679. The minimum Gasteiger partial charge on any atom is -0.356 e. The largest absolute Gasteiger partial charge is 0.356 e. The van der Waals surface area contributed by atoms with Gasteiger partial charge in [0, 0.05) is 39.5 Å². The topological polar surface area (TPSA) is 84.4 Å². The highest BCUT2D eigenvalue weighted by molar-refractivity contribution is 5.79. The number of hydrogen-bond donors (Lipinski definition) is 2. The van der Waals surface area contributed by atoms with Gasteiger partial charge in [0.25, 0.3) is 0 Å². The number of rotatable bonds is 5. The maximum Gasteiger partial charge on any atom is 0.191 e. The third-order valence-corrected chi connectivity index (χ3v) is 3.84. The lowest BCUT2D eigenvalue weighted by Crippen LogP contribution is -2.38. The number of imidazole rings is 1. The average Bonchev–Trinajstić information content (AvgIpc) is 3.17. The van der Waals surface area contributed by atoms with Crippen LogP contribution in [0.25, 0.3) is 5.65 Å². The lowest BCUT2D eigenvalue weighted by Gasteiger charge is -2.10. The number of hydrogen-bond acceptors (Lipinski definition) is 4. The van der Waals surface area contributed by atoms with Crippen LogP contribution in [-0.2, 0) is 20.0 Å². The number of nitrogens with zero attached hydrogens (tertiary/aromatic N) is 6. The SMILES string of the molecule is CN=C(NCCc1cn2cccc(C)c2n1)NCc1ncnn1C. The zero-order chi connectivity index (χ0) is 16.9. The van der Waals surface area contributed by atoms with Gasteiger partial charge in [0.2, 0.25) is 0 Å². The molecule has 0 aliphatic heterocycles. The van der Waals surface area contributed by atoms with Crippen LogP contribution in [0.15, 0.2) is 35.8 Å². The summed E-state index contributed by atoms with van der Waals surface area (Å²) in [6.45, 7) is 3.40. The maximum atomic E-state index is 4.67. The molecular formula is C16H22N8. The molecule has 0 saturated carbocycles. The van der Waals surface area contributed by atoms with E-state index in [0.717, 1.165) is 36.1 Å². The molecule has 3 rings (SSSR count). The predicted molar refractivity (Wildman–Crippen MR) is 92.8 cm³/mol. The monoisotopic (exact) mass is 326 g/mol. The summed E-state index contributed by atoms with van der Waals surface area (Å²) in [4.78, 5) is 13.1. The fourth-order valence-corrected chi connectivity index (χ4v) is 2.50.